The van der Waals surface area contributed by atoms with Crippen molar-refractivity contribution in [2.75, 3.05) is 6.54 Å². The van der Waals surface area contributed by atoms with Crippen molar-refractivity contribution >= 4 is 5.91 Å². The molecule has 0 radical (unpaired) electrons. The molecule has 0 aromatic carbocycles. The third-order valence-electron chi connectivity index (χ3n) is 2.71. The van der Waals surface area contributed by atoms with Crippen LogP contribution in [0, 0.1) is 5.41 Å². The van der Waals surface area contributed by atoms with Gasteiger partial charge in [-0.15, -0.1) is 0 Å². The van der Waals surface area contributed by atoms with E-state index >= 15 is 0 Å². The van der Waals surface area contributed by atoms with Crippen molar-refractivity contribution < 1.29 is 4.79 Å². The summed E-state index contributed by atoms with van der Waals surface area (Å²) in [7, 11) is 0. The van der Waals surface area contributed by atoms with Crippen molar-refractivity contribution in [1.82, 2.24) is 4.90 Å². The van der Waals surface area contributed by atoms with Crippen LogP contribution < -0.4 is 0 Å². The molecule has 0 bridgehead atoms. The highest BCUT2D eigenvalue weighted by Crippen LogP contribution is 2.24. The van der Waals surface area contributed by atoms with E-state index in [0.717, 1.165) is 6.54 Å². The molecule has 1 heterocycles. The second-order valence-corrected chi connectivity index (χ2v) is 5.09. The average molecular weight is 183 g/mol. The number of carbonyl (C=O) groups is 1. The Morgan fingerprint density at radius 2 is 1.92 bits per heavy atom. The van der Waals surface area contributed by atoms with Crippen molar-refractivity contribution in [2.24, 2.45) is 5.41 Å². The molecule has 1 atom stereocenters. The monoisotopic (exact) mass is 183 g/mol. The Hall–Kier alpha value is -0.530. The Kier molecular flexibility index (Phi) is 2.99. The lowest BCUT2D eigenvalue weighted by molar-refractivity contribution is -0.142. The molecule has 1 unspecified atom stereocenters. The summed E-state index contributed by atoms with van der Waals surface area (Å²) in [5.41, 5.74) is -0.217. The first-order chi connectivity index (χ1) is 5.93. The van der Waals surface area contributed by atoms with Gasteiger partial charge in [-0.2, -0.15) is 0 Å². The summed E-state index contributed by atoms with van der Waals surface area (Å²) in [5, 5.41) is 0. The van der Waals surface area contributed by atoms with Gasteiger partial charge in [0.15, 0.2) is 0 Å². The Morgan fingerprint density at radius 1 is 1.31 bits per heavy atom. The molecule has 0 N–H and O–H groups in total. The number of likely N-dealkylation sites (tertiary alicyclic amines) is 1. The van der Waals surface area contributed by atoms with Gasteiger partial charge in [-0.25, -0.2) is 0 Å². The zero-order valence-electron chi connectivity index (χ0n) is 9.26. The zero-order chi connectivity index (χ0) is 10.1. The van der Waals surface area contributed by atoms with Gasteiger partial charge in [0.2, 0.25) is 5.91 Å². The molecule has 2 heteroatoms. The number of carbonyl (C=O) groups excluding carboxylic acids is 1. The van der Waals surface area contributed by atoms with Crippen molar-refractivity contribution in [3.63, 3.8) is 0 Å². The van der Waals surface area contributed by atoms with Crippen LogP contribution in [-0.2, 0) is 4.79 Å². The number of piperidine rings is 1. The smallest absolute Gasteiger partial charge is 0.228 e. The minimum atomic E-state index is -0.217. The van der Waals surface area contributed by atoms with E-state index in [1.165, 1.54) is 19.3 Å². The Bertz CT molecular complexity index is 193. The van der Waals surface area contributed by atoms with Crippen LogP contribution in [0.1, 0.15) is 47.0 Å². The van der Waals surface area contributed by atoms with Gasteiger partial charge in [0.05, 0.1) is 0 Å². The lowest BCUT2D eigenvalue weighted by atomic mass is 9.92. The van der Waals surface area contributed by atoms with Crippen LogP contribution >= 0.6 is 0 Å². The Labute approximate surface area is 81.3 Å². The summed E-state index contributed by atoms with van der Waals surface area (Å²) in [4.78, 5) is 14.0. The van der Waals surface area contributed by atoms with Crippen LogP contribution in [0.4, 0.5) is 0 Å². The van der Waals surface area contributed by atoms with Crippen molar-refractivity contribution in [2.45, 2.75) is 53.0 Å². The van der Waals surface area contributed by atoms with Crippen LogP contribution in [-0.4, -0.2) is 23.4 Å². The van der Waals surface area contributed by atoms with E-state index in [2.05, 4.69) is 6.92 Å². The maximum absolute atomic E-state index is 12.0. The van der Waals surface area contributed by atoms with Crippen LogP contribution in [0.5, 0.6) is 0 Å². The largest absolute Gasteiger partial charge is 0.340 e. The summed E-state index contributed by atoms with van der Waals surface area (Å²) >= 11 is 0. The lowest BCUT2D eigenvalue weighted by Crippen LogP contribution is -2.47. The quantitative estimate of drug-likeness (QED) is 0.565. The van der Waals surface area contributed by atoms with Crippen molar-refractivity contribution in [1.29, 1.82) is 0 Å². The van der Waals surface area contributed by atoms with Crippen LogP contribution in [0.3, 0.4) is 0 Å². The minimum absolute atomic E-state index is 0.217. The summed E-state index contributed by atoms with van der Waals surface area (Å²) in [6.07, 6.45) is 3.61. The van der Waals surface area contributed by atoms with E-state index in [4.69, 9.17) is 0 Å². The van der Waals surface area contributed by atoms with Crippen LogP contribution in [0.25, 0.3) is 0 Å². The maximum atomic E-state index is 12.0. The molecule has 1 saturated heterocycles. The molecule has 76 valence electrons. The first kappa shape index (κ1) is 10.6. The minimum Gasteiger partial charge on any atom is -0.340 e. The van der Waals surface area contributed by atoms with Gasteiger partial charge in [-0.1, -0.05) is 20.8 Å². The molecular weight excluding hydrogens is 162 g/mol. The molecule has 0 aromatic rings. The maximum Gasteiger partial charge on any atom is 0.228 e. The molecule has 1 aliphatic rings. The fourth-order valence-corrected chi connectivity index (χ4v) is 1.83. The van der Waals surface area contributed by atoms with E-state index in [-0.39, 0.29) is 5.41 Å². The van der Waals surface area contributed by atoms with Crippen molar-refractivity contribution in [3.8, 4) is 0 Å². The molecule has 2 nitrogen and oxygen atoms in total. The molecule has 1 aliphatic heterocycles. The molecule has 13 heavy (non-hydrogen) atoms. The predicted molar refractivity (Wildman–Crippen MR) is 54.5 cm³/mol. The van der Waals surface area contributed by atoms with E-state index < -0.39 is 0 Å². The second-order valence-electron chi connectivity index (χ2n) is 5.09. The van der Waals surface area contributed by atoms with Gasteiger partial charge in [0.25, 0.3) is 0 Å². The fraction of sp³-hybridized carbons (Fsp3) is 0.909. The van der Waals surface area contributed by atoms with E-state index in [1.807, 2.05) is 25.7 Å². The number of hydrogen-bond acceptors (Lipinski definition) is 1. The molecule has 0 saturated carbocycles. The predicted octanol–water partition coefficient (Wildman–Crippen LogP) is 2.43. The van der Waals surface area contributed by atoms with E-state index in [9.17, 15) is 4.79 Å². The molecule has 0 aliphatic carbocycles. The molecular formula is C11H21NO. The molecule has 1 fully saturated rings. The van der Waals surface area contributed by atoms with E-state index in [1.54, 1.807) is 0 Å². The van der Waals surface area contributed by atoms with Gasteiger partial charge in [0.1, 0.15) is 0 Å². The highest BCUT2D eigenvalue weighted by Gasteiger charge is 2.31. The summed E-state index contributed by atoms with van der Waals surface area (Å²) < 4.78 is 0. The van der Waals surface area contributed by atoms with Gasteiger partial charge < -0.3 is 4.90 Å². The van der Waals surface area contributed by atoms with Crippen LogP contribution in [0.2, 0.25) is 0 Å². The van der Waals surface area contributed by atoms with Gasteiger partial charge in [-0.05, 0) is 26.2 Å². The molecule has 0 aromatic heterocycles. The molecule has 1 amide bonds. The molecule has 1 rings (SSSR count). The summed E-state index contributed by atoms with van der Waals surface area (Å²) in [5.74, 6) is 0.305. The first-order valence-corrected chi connectivity index (χ1v) is 5.24. The third kappa shape index (κ3) is 2.45. The second kappa shape index (κ2) is 3.69. The number of rotatable bonds is 0. The zero-order valence-corrected chi connectivity index (χ0v) is 9.26. The molecule has 0 spiro atoms. The topological polar surface area (TPSA) is 20.3 Å². The number of amides is 1. The van der Waals surface area contributed by atoms with Crippen LogP contribution in [0.15, 0.2) is 0 Å². The van der Waals surface area contributed by atoms with Gasteiger partial charge in [-0.3, -0.25) is 4.79 Å². The van der Waals surface area contributed by atoms with E-state index in [0.29, 0.717) is 11.9 Å². The average Bonchev–Trinajstić information content (AvgIpc) is 2.02. The lowest BCUT2D eigenvalue weighted by Gasteiger charge is -2.37. The number of nitrogens with zero attached hydrogens (tertiary/aromatic N) is 1. The highest BCUT2D eigenvalue weighted by molar-refractivity contribution is 5.81. The fourth-order valence-electron chi connectivity index (χ4n) is 1.83. The summed E-state index contributed by atoms with van der Waals surface area (Å²) in [6.45, 7) is 9.10. The number of hydrogen-bond donors (Lipinski definition) is 0. The third-order valence-corrected chi connectivity index (χ3v) is 2.71. The van der Waals surface area contributed by atoms with Gasteiger partial charge in [0, 0.05) is 18.0 Å². The Morgan fingerprint density at radius 3 is 2.38 bits per heavy atom. The summed E-state index contributed by atoms with van der Waals surface area (Å²) in [6, 6.07) is 0.445. The van der Waals surface area contributed by atoms with Gasteiger partial charge >= 0.3 is 0 Å². The standard InChI is InChI=1S/C11H21NO/c1-9-7-5-6-8-12(9)10(13)11(2,3)4/h9H,5-8H2,1-4H3. The highest BCUT2D eigenvalue weighted by atomic mass is 16.2. The first-order valence-electron chi connectivity index (χ1n) is 5.24. The van der Waals surface area contributed by atoms with Crippen molar-refractivity contribution in [3.05, 3.63) is 0 Å². The normalized spacial score (nSPS) is 24.6. The Balaban J connectivity index is 2.64. The SMILES string of the molecule is CC1CCCCN1C(=O)C(C)(C)C.